The highest BCUT2D eigenvalue weighted by atomic mass is 16.3. The summed E-state index contributed by atoms with van der Waals surface area (Å²) in [6.07, 6.45) is 0.286. The Bertz CT molecular complexity index is 567. The van der Waals surface area contributed by atoms with Gasteiger partial charge in [-0.15, -0.1) is 0 Å². The molecular weight excluding hydrogens is 264 g/mol. The van der Waals surface area contributed by atoms with Gasteiger partial charge in [0.05, 0.1) is 19.1 Å². The maximum atomic E-state index is 12.1. The van der Waals surface area contributed by atoms with Gasteiger partial charge in [0.15, 0.2) is 0 Å². The summed E-state index contributed by atoms with van der Waals surface area (Å²) in [6, 6.07) is 16.7. The van der Waals surface area contributed by atoms with Crippen LogP contribution in [0, 0.1) is 0 Å². The maximum absolute atomic E-state index is 12.1. The van der Waals surface area contributed by atoms with Gasteiger partial charge in [0.25, 0.3) is 0 Å². The number of hydrogen-bond donors (Lipinski definition) is 3. The molecule has 0 aromatic heterocycles. The molecule has 0 saturated heterocycles. The third-order valence-corrected chi connectivity index (χ3v) is 3.34. The first kappa shape index (κ1) is 15.2. The van der Waals surface area contributed by atoms with E-state index in [0.29, 0.717) is 6.54 Å². The topological polar surface area (TPSA) is 75.4 Å². The number of rotatable bonds is 6. The van der Waals surface area contributed by atoms with Crippen molar-refractivity contribution in [1.29, 1.82) is 0 Å². The number of hydrogen-bond acceptors (Lipinski definition) is 3. The SMILES string of the molecule is NCc1ccc(CC(=O)N[C@H](CO)c2ccccc2)cc1. The molecular formula is C17H20N2O2. The number of amides is 1. The van der Waals surface area contributed by atoms with E-state index in [-0.39, 0.29) is 25.0 Å². The summed E-state index contributed by atoms with van der Waals surface area (Å²) >= 11 is 0. The van der Waals surface area contributed by atoms with E-state index >= 15 is 0 Å². The second-order valence-corrected chi connectivity index (χ2v) is 4.91. The standard InChI is InChI=1S/C17H20N2O2/c18-11-14-8-6-13(7-9-14)10-17(21)19-16(12-20)15-4-2-1-3-5-15/h1-9,16,20H,10-12,18H2,(H,19,21)/t16-/m1/s1. The molecule has 2 aromatic rings. The summed E-state index contributed by atoms with van der Waals surface area (Å²) in [4.78, 5) is 12.1. The highest BCUT2D eigenvalue weighted by molar-refractivity contribution is 5.79. The predicted octanol–water partition coefficient (Wildman–Crippen LogP) is 1.54. The van der Waals surface area contributed by atoms with E-state index in [2.05, 4.69) is 5.32 Å². The third-order valence-electron chi connectivity index (χ3n) is 3.34. The monoisotopic (exact) mass is 284 g/mol. The third kappa shape index (κ3) is 4.41. The van der Waals surface area contributed by atoms with Crippen LogP contribution in [0.4, 0.5) is 0 Å². The lowest BCUT2D eigenvalue weighted by molar-refractivity contribution is -0.121. The van der Waals surface area contributed by atoms with Crippen molar-refractivity contribution < 1.29 is 9.90 Å². The summed E-state index contributed by atoms with van der Waals surface area (Å²) in [7, 11) is 0. The molecule has 21 heavy (non-hydrogen) atoms. The van der Waals surface area contributed by atoms with Crippen molar-refractivity contribution in [3.05, 3.63) is 71.3 Å². The molecule has 0 saturated carbocycles. The van der Waals surface area contributed by atoms with Crippen molar-refractivity contribution in [2.45, 2.75) is 19.0 Å². The summed E-state index contributed by atoms with van der Waals surface area (Å²) in [5.41, 5.74) is 8.40. The van der Waals surface area contributed by atoms with Crippen molar-refractivity contribution in [3.8, 4) is 0 Å². The van der Waals surface area contributed by atoms with Gasteiger partial charge in [-0.3, -0.25) is 4.79 Å². The first-order valence-corrected chi connectivity index (χ1v) is 6.96. The normalized spacial score (nSPS) is 11.9. The average Bonchev–Trinajstić information content (AvgIpc) is 2.54. The van der Waals surface area contributed by atoms with E-state index < -0.39 is 0 Å². The van der Waals surface area contributed by atoms with Crippen molar-refractivity contribution in [2.24, 2.45) is 5.73 Å². The van der Waals surface area contributed by atoms with Gasteiger partial charge in [0.1, 0.15) is 0 Å². The van der Waals surface area contributed by atoms with E-state index in [4.69, 9.17) is 5.73 Å². The van der Waals surface area contributed by atoms with Gasteiger partial charge in [-0.25, -0.2) is 0 Å². The van der Waals surface area contributed by atoms with Crippen molar-refractivity contribution in [3.63, 3.8) is 0 Å². The van der Waals surface area contributed by atoms with Crippen LogP contribution >= 0.6 is 0 Å². The van der Waals surface area contributed by atoms with E-state index in [1.165, 1.54) is 0 Å². The highest BCUT2D eigenvalue weighted by Gasteiger charge is 2.13. The molecule has 0 aliphatic carbocycles. The zero-order valence-electron chi connectivity index (χ0n) is 11.8. The van der Waals surface area contributed by atoms with Gasteiger partial charge in [0.2, 0.25) is 5.91 Å². The molecule has 0 aliphatic heterocycles. The maximum Gasteiger partial charge on any atom is 0.224 e. The van der Waals surface area contributed by atoms with Crippen LogP contribution in [0.25, 0.3) is 0 Å². The minimum Gasteiger partial charge on any atom is -0.394 e. The van der Waals surface area contributed by atoms with Gasteiger partial charge < -0.3 is 16.2 Å². The van der Waals surface area contributed by atoms with Gasteiger partial charge in [-0.2, -0.15) is 0 Å². The summed E-state index contributed by atoms with van der Waals surface area (Å²) < 4.78 is 0. The fourth-order valence-electron chi connectivity index (χ4n) is 2.14. The van der Waals surface area contributed by atoms with Crippen LogP contribution in [-0.4, -0.2) is 17.6 Å². The smallest absolute Gasteiger partial charge is 0.224 e. The quantitative estimate of drug-likeness (QED) is 0.753. The first-order chi connectivity index (χ1) is 10.2. The molecule has 4 N–H and O–H groups in total. The van der Waals surface area contributed by atoms with E-state index in [9.17, 15) is 9.90 Å². The predicted molar refractivity (Wildman–Crippen MR) is 82.4 cm³/mol. The Kier molecular flexibility index (Phi) is 5.49. The van der Waals surface area contributed by atoms with Crippen molar-refractivity contribution >= 4 is 5.91 Å². The Labute approximate surface area is 124 Å². The lowest BCUT2D eigenvalue weighted by atomic mass is 10.1. The Morgan fingerprint density at radius 3 is 2.24 bits per heavy atom. The van der Waals surface area contributed by atoms with Gasteiger partial charge >= 0.3 is 0 Å². The largest absolute Gasteiger partial charge is 0.394 e. The molecule has 110 valence electrons. The molecule has 4 nitrogen and oxygen atoms in total. The molecule has 2 rings (SSSR count). The molecule has 0 aliphatic rings. The number of carbonyl (C=O) groups excluding carboxylic acids is 1. The fourth-order valence-corrected chi connectivity index (χ4v) is 2.14. The zero-order valence-corrected chi connectivity index (χ0v) is 11.8. The molecule has 0 unspecified atom stereocenters. The molecule has 0 spiro atoms. The molecule has 0 fully saturated rings. The van der Waals surface area contributed by atoms with E-state index in [0.717, 1.165) is 16.7 Å². The second kappa shape index (κ2) is 7.57. The molecule has 1 amide bonds. The molecule has 4 heteroatoms. The van der Waals surface area contributed by atoms with Crippen LogP contribution in [0.1, 0.15) is 22.7 Å². The lowest BCUT2D eigenvalue weighted by Gasteiger charge is -2.16. The summed E-state index contributed by atoms with van der Waals surface area (Å²) in [5, 5.41) is 12.3. The lowest BCUT2D eigenvalue weighted by Crippen LogP contribution is -2.31. The molecule has 0 radical (unpaired) electrons. The zero-order chi connectivity index (χ0) is 15.1. The fraction of sp³-hybridized carbons (Fsp3) is 0.235. The van der Waals surface area contributed by atoms with Crippen LogP contribution in [0.5, 0.6) is 0 Å². The molecule has 0 heterocycles. The number of nitrogens with two attached hydrogens (primary N) is 1. The summed E-state index contributed by atoms with van der Waals surface area (Å²) in [5.74, 6) is -0.113. The number of aliphatic hydroxyl groups is 1. The van der Waals surface area contributed by atoms with Crippen molar-refractivity contribution in [2.75, 3.05) is 6.61 Å². The van der Waals surface area contributed by atoms with Crippen LogP contribution in [-0.2, 0) is 17.8 Å². The van der Waals surface area contributed by atoms with Gasteiger partial charge in [-0.1, -0.05) is 54.6 Å². The number of aliphatic hydroxyl groups excluding tert-OH is 1. The van der Waals surface area contributed by atoms with Crippen LogP contribution < -0.4 is 11.1 Å². The van der Waals surface area contributed by atoms with Gasteiger partial charge in [-0.05, 0) is 16.7 Å². The highest BCUT2D eigenvalue weighted by Crippen LogP contribution is 2.12. The molecule has 0 bridgehead atoms. The van der Waals surface area contributed by atoms with Crippen LogP contribution in [0.3, 0.4) is 0 Å². The Morgan fingerprint density at radius 1 is 1.05 bits per heavy atom. The van der Waals surface area contributed by atoms with Crippen LogP contribution in [0.2, 0.25) is 0 Å². The number of nitrogens with one attached hydrogen (secondary N) is 1. The average molecular weight is 284 g/mol. The van der Waals surface area contributed by atoms with E-state index in [1.54, 1.807) is 0 Å². The van der Waals surface area contributed by atoms with Gasteiger partial charge in [0, 0.05) is 6.54 Å². The number of carbonyl (C=O) groups is 1. The minimum atomic E-state index is -0.373. The minimum absolute atomic E-state index is 0.113. The second-order valence-electron chi connectivity index (χ2n) is 4.91. The molecule has 2 aromatic carbocycles. The Hall–Kier alpha value is -2.17. The summed E-state index contributed by atoms with van der Waals surface area (Å²) in [6.45, 7) is 0.370. The Morgan fingerprint density at radius 2 is 1.67 bits per heavy atom. The first-order valence-electron chi connectivity index (χ1n) is 6.96. The van der Waals surface area contributed by atoms with E-state index in [1.807, 2.05) is 54.6 Å². The number of benzene rings is 2. The molecule has 1 atom stereocenters. The van der Waals surface area contributed by atoms with Crippen LogP contribution in [0.15, 0.2) is 54.6 Å². The van der Waals surface area contributed by atoms with Crippen molar-refractivity contribution in [1.82, 2.24) is 5.32 Å². The Balaban J connectivity index is 1.96.